The second kappa shape index (κ2) is 8.10. The molecule has 4 nitrogen and oxygen atoms in total. The number of ether oxygens (including phenoxy) is 1. The molecule has 0 N–H and O–H groups in total. The van der Waals surface area contributed by atoms with E-state index in [2.05, 4.69) is 16.0 Å². The molecule has 140 valence electrons. The summed E-state index contributed by atoms with van der Waals surface area (Å²) in [5.74, 6) is 0.450. The minimum Gasteiger partial charge on any atom is -0.471 e. The number of benzene rings is 2. The van der Waals surface area contributed by atoms with Crippen molar-refractivity contribution in [3.05, 3.63) is 76.4 Å². The van der Waals surface area contributed by atoms with Crippen molar-refractivity contribution in [2.75, 3.05) is 18.0 Å². The monoisotopic (exact) mass is 409 g/mol. The van der Waals surface area contributed by atoms with Gasteiger partial charge in [-0.3, -0.25) is 0 Å². The van der Waals surface area contributed by atoms with E-state index in [-0.39, 0.29) is 6.10 Å². The van der Waals surface area contributed by atoms with Crippen molar-refractivity contribution in [2.24, 2.45) is 0 Å². The standard InChI is InChI=1S/C22H17Cl2N3O/c23-19-5-2-1-4-18(19)15-7-8-21(16(12-15)13-25)27-11-9-17(14-27)28-22-20(24)6-3-10-26-22/h1-8,10,12,17H,9,11,14H2. The van der Waals surface area contributed by atoms with Gasteiger partial charge in [0.2, 0.25) is 5.88 Å². The number of aromatic nitrogens is 1. The maximum Gasteiger partial charge on any atom is 0.232 e. The van der Waals surface area contributed by atoms with Crippen LogP contribution >= 0.6 is 23.2 Å². The van der Waals surface area contributed by atoms with Gasteiger partial charge in [-0.2, -0.15) is 5.26 Å². The molecule has 1 saturated heterocycles. The Hall–Kier alpha value is -2.74. The van der Waals surface area contributed by atoms with Gasteiger partial charge in [-0.1, -0.05) is 47.5 Å². The molecule has 0 amide bonds. The lowest BCUT2D eigenvalue weighted by atomic mass is 10.0. The fourth-order valence-electron chi connectivity index (χ4n) is 3.42. The Morgan fingerprint density at radius 2 is 1.89 bits per heavy atom. The molecule has 1 aliphatic heterocycles. The van der Waals surface area contributed by atoms with E-state index < -0.39 is 0 Å². The first kappa shape index (κ1) is 18.6. The summed E-state index contributed by atoms with van der Waals surface area (Å²) in [7, 11) is 0. The molecular formula is C22H17Cl2N3O. The first-order valence-corrected chi connectivity index (χ1v) is 9.72. The third-order valence-corrected chi connectivity index (χ3v) is 5.41. The van der Waals surface area contributed by atoms with Gasteiger partial charge >= 0.3 is 0 Å². The number of nitrogens with zero attached hydrogens (tertiary/aromatic N) is 3. The SMILES string of the molecule is N#Cc1cc(-c2ccccc2Cl)ccc1N1CCC(Oc2ncccc2Cl)C1. The highest BCUT2D eigenvalue weighted by atomic mass is 35.5. The van der Waals surface area contributed by atoms with Gasteiger partial charge in [0, 0.05) is 29.7 Å². The van der Waals surface area contributed by atoms with Crippen LogP contribution in [0.25, 0.3) is 11.1 Å². The molecule has 0 radical (unpaired) electrons. The first-order chi connectivity index (χ1) is 13.7. The summed E-state index contributed by atoms with van der Waals surface area (Å²) in [6, 6.07) is 19.4. The first-order valence-electron chi connectivity index (χ1n) is 8.97. The topological polar surface area (TPSA) is 49.2 Å². The van der Waals surface area contributed by atoms with E-state index >= 15 is 0 Å². The van der Waals surface area contributed by atoms with Crippen LogP contribution < -0.4 is 9.64 Å². The summed E-state index contributed by atoms with van der Waals surface area (Å²) >= 11 is 12.4. The van der Waals surface area contributed by atoms with Gasteiger partial charge < -0.3 is 9.64 Å². The summed E-state index contributed by atoms with van der Waals surface area (Å²) in [6.45, 7) is 1.47. The smallest absolute Gasteiger partial charge is 0.232 e. The highest BCUT2D eigenvalue weighted by Gasteiger charge is 2.27. The predicted octanol–water partition coefficient (Wildman–Crippen LogP) is 5.58. The van der Waals surface area contributed by atoms with Gasteiger partial charge in [0.25, 0.3) is 0 Å². The van der Waals surface area contributed by atoms with Crippen molar-refractivity contribution in [3.8, 4) is 23.1 Å². The Kier molecular flexibility index (Phi) is 5.38. The van der Waals surface area contributed by atoms with Crippen LogP contribution in [0.5, 0.6) is 5.88 Å². The fourth-order valence-corrected chi connectivity index (χ4v) is 3.83. The van der Waals surface area contributed by atoms with Gasteiger partial charge in [0.15, 0.2) is 0 Å². The van der Waals surface area contributed by atoms with Crippen LogP contribution in [0.15, 0.2) is 60.8 Å². The molecular weight excluding hydrogens is 393 g/mol. The molecule has 2 heterocycles. The third kappa shape index (κ3) is 3.77. The molecule has 28 heavy (non-hydrogen) atoms. The van der Waals surface area contributed by atoms with Crippen LogP contribution in [-0.2, 0) is 0 Å². The van der Waals surface area contributed by atoms with Crippen LogP contribution in [0.3, 0.4) is 0 Å². The third-order valence-electron chi connectivity index (χ3n) is 4.79. The number of halogens is 2. The van der Waals surface area contributed by atoms with E-state index in [0.29, 0.717) is 28.0 Å². The van der Waals surface area contributed by atoms with Gasteiger partial charge in [0.05, 0.1) is 17.8 Å². The van der Waals surface area contributed by atoms with E-state index in [1.807, 2.05) is 42.5 Å². The molecule has 6 heteroatoms. The Bertz CT molecular complexity index is 1050. The molecule has 1 aliphatic rings. The number of nitriles is 1. The van der Waals surface area contributed by atoms with Gasteiger partial charge in [-0.05, 0) is 35.9 Å². The molecule has 1 unspecified atom stereocenters. The Morgan fingerprint density at radius 3 is 2.68 bits per heavy atom. The zero-order valence-corrected chi connectivity index (χ0v) is 16.5. The van der Waals surface area contributed by atoms with Crippen LogP contribution in [0, 0.1) is 11.3 Å². The maximum absolute atomic E-state index is 9.69. The molecule has 4 rings (SSSR count). The lowest BCUT2D eigenvalue weighted by molar-refractivity contribution is 0.216. The molecule has 0 bridgehead atoms. The van der Waals surface area contributed by atoms with Gasteiger partial charge in [0.1, 0.15) is 17.2 Å². The highest BCUT2D eigenvalue weighted by molar-refractivity contribution is 6.33. The molecule has 1 fully saturated rings. The van der Waals surface area contributed by atoms with Crippen LogP contribution in [-0.4, -0.2) is 24.2 Å². The molecule has 3 aromatic rings. The normalized spacial score (nSPS) is 16.0. The minimum atomic E-state index is -0.0258. The van der Waals surface area contributed by atoms with Crippen LogP contribution in [0.4, 0.5) is 5.69 Å². The molecule has 0 aliphatic carbocycles. The van der Waals surface area contributed by atoms with Crippen molar-refractivity contribution in [1.82, 2.24) is 4.98 Å². The van der Waals surface area contributed by atoms with Crippen molar-refractivity contribution >= 4 is 28.9 Å². The van der Waals surface area contributed by atoms with E-state index in [1.54, 1.807) is 18.3 Å². The number of anilines is 1. The lowest BCUT2D eigenvalue weighted by Crippen LogP contribution is -2.25. The summed E-state index contributed by atoms with van der Waals surface area (Å²) in [5.41, 5.74) is 3.36. The van der Waals surface area contributed by atoms with Crippen molar-refractivity contribution in [2.45, 2.75) is 12.5 Å². The number of pyridine rings is 1. The summed E-state index contributed by atoms with van der Waals surface area (Å²) in [4.78, 5) is 6.35. The molecule has 1 atom stereocenters. The van der Waals surface area contributed by atoms with Crippen LogP contribution in [0.1, 0.15) is 12.0 Å². The molecule has 2 aromatic carbocycles. The average molecular weight is 410 g/mol. The summed E-state index contributed by atoms with van der Waals surface area (Å²) < 4.78 is 5.96. The Balaban J connectivity index is 1.54. The number of hydrogen-bond donors (Lipinski definition) is 0. The fraction of sp³-hybridized carbons (Fsp3) is 0.182. The average Bonchev–Trinajstić information content (AvgIpc) is 3.18. The second-order valence-electron chi connectivity index (χ2n) is 6.59. The summed E-state index contributed by atoms with van der Waals surface area (Å²) in [5, 5.41) is 10.9. The zero-order chi connectivity index (χ0) is 19.5. The van der Waals surface area contributed by atoms with Crippen molar-refractivity contribution in [1.29, 1.82) is 5.26 Å². The quantitative estimate of drug-likeness (QED) is 0.563. The van der Waals surface area contributed by atoms with Crippen LogP contribution in [0.2, 0.25) is 10.0 Å². The van der Waals surface area contributed by atoms with E-state index in [4.69, 9.17) is 27.9 Å². The zero-order valence-electron chi connectivity index (χ0n) is 15.0. The summed E-state index contributed by atoms with van der Waals surface area (Å²) in [6.07, 6.45) is 2.47. The molecule has 0 saturated carbocycles. The highest BCUT2D eigenvalue weighted by Crippen LogP contribution is 2.33. The van der Waals surface area contributed by atoms with E-state index in [1.165, 1.54) is 0 Å². The predicted molar refractivity (Wildman–Crippen MR) is 112 cm³/mol. The van der Waals surface area contributed by atoms with Gasteiger partial charge in [-0.25, -0.2) is 4.98 Å². The number of rotatable bonds is 4. The van der Waals surface area contributed by atoms with Crippen molar-refractivity contribution < 1.29 is 4.74 Å². The van der Waals surface area contributed by atoms with Crippen molar-refractivity contribution in [3.63, 3.8) is 0 Å². The Labute approximate surface area is 173 Å². The Morgan fingerprint density at radius 1 is 1.07 bits per heavy atom. The maximum atomic E-state index is 9.69. The lowest BCUT2D eigenvalue weighted by Gasteiger charge is -2.21. The van der Waals surface area contributed by atoms with E-state index in [0.717, 1.165) is 29.8 Å². The molecule has 0 spiro atoms. The largest absolute Gasteiger partial charge is 0.471 e. The second-order valence-corrected chi connectivity index (χ2v) is 7.40. The van der Waals surface area contributed by atoms with E-state index in [9.17, 15) is 5.26 Å². The molecule has 1 aromatic heterocycles. The number of hydrogen-bond acceptors (Lipinski definition) is 4. The minimum absolute atomic E-state index is 0.0258. The van der Waals surface area contributed by atoms with Gasteiger partial charge in [-0.15, -0.1) is 0 Å².